The minimum absolute atomic E-state index is 0.590. The van der Waals surface area contributed by atoms with Crippen LogP contribution in [0.2, 0.25) is 0 Å². The molecule has 3 aromatic rings. The van der Waals surface area contributed by atoms with E-state index in [1.807, 2.05) is 6.92 Å². The third kappa shape index (κ3) is 2.92. The van der Waals surface area contributed by atoms with Crippen molar-refractivity contribution in [3.05, 3.63) is 54.4 Å². The molecule has 0 aliphatic carbocycles. The molecule has 0 unspecified atom stereocenters. The van der Waals surface area contributed by atoms with E-state index in [9.17, 15) is 0 Å². The highest BCUT2D eigenvalue weighted by Crippen LogP contribution is 2.22. The fraction of sp³-hybridized carbons (Fsp3) is 0.278. The Hall–Kier alpha value is -2.29. The van der Waals surface area contributed by atoms with Gasteiger partial charge in [0.15, 0.2) is 0 Å². The molecule has 21 heavy (non-hydrogen) atoms. The first-order chi connectivity index (χ1) is 10.1. The lowest BCUT2D eigenvalue weighted by Gasteiger charge is -2.12. The number of nitrogens with zero attached hydrogens (tertiary/aromatic N) is 2. The summed E-state index contributed by atoms with van der Waals surface area (Å²) >= 11 is 0. The fourth-order valence-electron chi connectivity index (χ4n) is 2.44. The fourth-order valence-corrected chi connectivity index (χ4v) is 2.44. The van der Waals surface area contributed by atoms with Crippen molar-refractivity contribution in [3.8, 4) is 5.69 Å². The van der Waals surface area contributed by atoms with Gasteiger partial charge < -0.3 is 5.32 Å². The van der Waals surface area contributed by atoms with E-state index in [0.717, 1.165) is 23.9 Å². The van der Waals surface area contributed by atoms with Gasteiger partial charge in [-0.2, -0.15) is 0 Å². The molecule has 1 N–H and O–H groups in total. The zero-order valence-corrected chi connectivity index (χ0v) is 12.8. The van der Waals surface area contributed by atoms with Crippen LogP contribution < -0.4 is 5.32 Å². The van der Waals surface area contributed by atoms with Gasteiger partial charge in [0, 0.05) is 18.4 Å². The van der Waals surface area contributed by atoms with Gasteiger partial charge in [-0.3, -0.25) is 4.57 Å². The number of imidazole rings is 1. The van der Waals surface area contributed by atoms with Gasteiger partial charge in [0.05, 0.1) is 5.69 Å². The Kier molecular flexibility index (Phi) is 3.65. The summed E-state index contributed by atoms with van der Waals surface area (Å²) in [5.41, 5.74) is 2.16. The van der Waals surface area contributed by atoms with Crippen molar-refractivity contribution < 1.29 is 0 Å². The predicted octanol–water partition coefficient (Wildman–Crippen LogP) is 4.40. The van der Waals surface area contributed by atoms with Gasteiger partial charge in [0.2, 0.25) is 5.95 Å². The summed E-state index contributed by atoms with van der Waals surface area (Å²) in [4.78, 5) is 4.59. The minimum atomic E-state index is 0.590. The Morgan fingerprint density at radius 2 is 1.86 bits per heavy atom. The number of nitrogens with one attached hydrogen (secondary N) is 1. The normalized spacial score (nSPS) is 11.2. The molecule has 3 rings (SSSR count). The minimum Gasteiger partial charge on any atom is -0.355 e. The van der Waals surface area contributed by atoms with Crippen LogP contribution in [0.15, 0.2) is 48.7 Å². The van der Waals surface area contributed by atoms with E-state index in [2.05, 4.69) is 77.4 Å². The van der Waals surface area contributed by atoms with Crippen molar-refractivity contribution in [2.45, 2.75) is 20.8 Å². The molecular weight excluding hydrogens is 258 g/mol. The highest BCUT2D eigenvalue weighted by molar-refractivity contribution is 5.84. The molecule has 1 aromatic heterocycles. The van der Waals surface area contributed by atoms with Crippen LogP contribution in [-0.4, -0.2) is 16.1 Å². The van der Waals surface area contributed by atoms with Gasteiger partial charge >= 0.3 is 0 Å². The lowest BCUT2D eigenvalue weighted by Crippen LogP contribution is -2.12. The van der Waals surface area contributed by atoms with E-state index < -0.39 is 0 Å². The van der Waals surface area contributed by atoms with E-state index in [-0.39, 0.29) is 0 Å². The van der Waals surface area contributed by atoms with E-state index >= 15 is 0 Å². The lowest BCUT2D eigenvalue weighted by molar-refractivity contribution is 0.683. The molecule has 1 heterocycles. The van der Waals surface area contributed by atoms with Crippen LogP contribution in [0.5, 0.6) is 0 Å². The number of hydrogen-bond donors (Lipinski definition) is 1. The average Bonchev–Trinajstić information content (AvgIpc) is 2.85. The maximum absolute atomic E-state index is 4.59. The third-order valence-corrected chi connectivity index (χ3v) is 3.51. The van der Waals surface area contributed by atoms with Crippen LogP contribution in [0.1, 0.15) is 19.5 Å². The lowest BCUT2D eigenvalue weighted by atomic mass is 10.1. The zero-order chi connectivity index (χ0) is 14.8. The molecule has 0 amide bonds. The second-order valence-electron chi connectivity index (χ2n) is 5.88. The Balaban J connectivity index is 2.01. The Bertz CT molecular complexity index is 756. The average molecular weight is 279 g/mol. The van der Waals surface area contributed by atoms with Crippen LogP contribution >= 0.6 is 0 Å². The van der Waals surface area contributed by atoms with Crippen LogP contribution in [0, 0.1) is 12.8 Å². The van der Waals surface area contributed by atoms with Crippen LogP contribution in [0.25, 0.3) is 16.5 Å². The molecule has 2 aromatic carbocycles. The number of aryl methyl sites for hydroxylation is 1. The van der Waals surface area contributed by atoms with Gasteiger partial charge in [-0.1, -0.05) is 44.2 Å². The smallest absolute Gasteiger partial charge is 0.207 e. The molecule has 0 fully saturated rings. The molecule has 0 aliphatic rings. The van der Waals surface area contributed by atoms with Crippen LogP contribution in [0.3, 0.4) is 0 Å². The zero-order valence-electron chi connectivity index (χ0n) is 12.8. The van der Waals surface area contributed by atoms with Crippen molar-refractivity contribution >= 4 is 16.7 Å². The van der Waals surface area contributed by atoms with Gasteiger partial charge in [-0.05, 0) is 35.7 Å². The number of fused-ring (bicyclic) bond motifs is 1. The predicted molar refractivity (Wildman–Crippen MR) is 89.1 cm³/mol. The number of hydrogen-bond acceptors (Lipinski definition) is 2. The quantitative estimate of drug-likeness (QED) is 0.767. The summed E-state index contributed by atoms with van der Waals surface area (Å²) in [5.74, 6) is 1.50. The number of benzene rings is 2. The van der Waals surface area contributed by atoms with Crippen molar-refractivity contribution in [1.82, 2.24) is 9.55 Å². The molecule has 0 spiro atoms. The molecule has 3 nitrogen and oxygen atoms in total. The molecule has 0 aliphatic heterocycles. The molecule has 0 atom stereocenters. The summed E-state index contributed by atoms with van der Waals surface area (Å²) in [5, 5.41) is 5.94. The van der Waals surface area contributed by atoms with E-state index in [1.54, 1.807) is 0 Å². The van der Waals surface area contributed by atoms with Crippen LogP contribution in [0.4, 0.5) is 5.95 Å². The monoisotopic (exact) mass is 279 g/mol. The van der Waals surface area contributed by atoms with Gasteiger partial charge in [-0.25, -0.2) is 4.98 Å². The largest absolute Gasteiger partial charge is 0.355 e. The number of rotatable bonds is 4. The first-order valence-electron chi connectivity index (χ1n) is 7.42. The second kappa shape index (κ2) is 5.60. The summed E-state index contributed by atoms with van der Waals surface area (Å²) in [6.45, 7) is 7.34. The van der Waals surface area contributed by atoms with Gasteiger partial charge in [-0.15, -0.1) is 0 Å². The van der Waals surface area contributed by atoms with Crippen molar-refractivity contribution in [2.75, 3.05) is 11.9 Å². The van der Waals surface area contributed by atoms with Crippen molar-refractivity contribution in [2.24, 2.45) is 5.92 Å². The molecular formula is C18H21N3. The van der Waals surface area contributed by atoms with Crippen molar-refractivity contribution in [3.63, 3.8) is 0 Å². The first kappa shape index (κ1) is 13.7. The van der Waals surface area contributed by atoms with E-state index in [1.165, 1.54) is 10.8 Å². The summed E-state index contributed by atoms with van der Waals surface area (Å²) < 4.78 is 2.13. The van der Waals surface area contributed by atoms with Crippen molar-refractivity contribution in [1.29, 1.82) is 0 Å². The summed E-state index contributed by atoms with van der Waals surface area (Å²) in [6, 6.07) is 14.9. The summed E-state index contributed by atoms with van der Waals surface area (Å²) in [6.07, 6.45) is 2.08. The van der Waals surface area contributed by atoms with Crippen LogP contribution in [-0.2, 0) is 0 Å². The Labute approximate surface area is 125 Å². The van der Waals surface area contributed by atoms with Gasteiger partial charge in [0.25, 0.3) is 0 Å². The Morgan fingerprint density at radius 1 is 1.10 bits per heavy atom. The second-order valence-corrected chi connectivity index (χ2v) is 5.88. The maximum Gasteiger partial charge on any atom is 0.207 e. The molecule has 0 radical (unpaired) electrons. The third-order valence-electron chi connectivity index (χ3n) is 3.51. The van der Waals surface area contributed by atoms with E-state index in [4.69, 9.17) is 0 Å². The molecule has 108 valence electrons. The molecule has 0 bridgehead atoms. The Morgan fingerprint density at radius 3 is 2.62 bits per heavy atom. The highest BCUT2D eigenvalue weighted by atomic mass is 15.2. The standard InChI is InChI=1S/C18H21N3/c1-13(2)11-19-18-20-14(3)12-21(18)17-9-8-15-6-4-5-7-16(15)10-17/h4-10,12-13H,11H2,1-3H3,(H,19,20). The molecule has 3 heteroatoms. The van der Waals surface area contributed by atoms with E-state index in [0.29, 0.717) is 5.92 Å². The highest BCUT2D eigenvalue weighted by Gasteiger charge is 2.08. The number of aromatic nitrogens is 2. The topological polar surface area (TPSA) is 29.9 Å². The van der Waals surface area contributed by atoms with Gasteiger partial charge in [0.1, 0.15) is 0 Å². The first-order valence-corrected chi connectivity index (χ1v) is 7.42. The SMILES string of the molecule is Cc1cn(-c2ccc3ccccc3c2)c(NCC(C)C)n1. The maximum atomic E-state index is 4.59. The summed E-state index contributed by atoms with van der Waals surface area (Å²) in [7, 11) is 0. The number of anilines is 1. The molecule has 0 saturated heterocycles. The molecule has 0 saturated carbocycles.